The molecule has 0 bridgehead atoms. The van der Waals surface area contributed by atoms with Crippen molar-refractivity contribution in [3.63, 3.8) is 0 Å². The molecule has 0 amide bonds. The molecule has 0 aliphatic rings. The van der Waals surface area contributed by atoms with E-state index in [9.17, 15) is 9.59 Å². The van der Waals surface area contributed by atoms with E-state index in [0.29, 0.717) is 6.42 Å². The minimum absolute atomic E-state index is 0.259. The van der Waals surface area contributed by atoms with E-state index in [4.69, 9.17) is 11.6 Å². The van der Waals surface area contributed by atoms with E-state index < -0.39 is 11.3 Å². The molecular formula is C8H13ClO3. The van der Waals surface area contributed by atoms with Crippen molar-refractivity contribution in [3.05, 3.63) is 0 Å². The molecule has 0 spiro atoms. The first-order valence-electron chi connectivity index (χ1n) is 3.88. The maximum Gasteiger partial charge on any atom is 0.331 e. The Labute approximate surface area is 77.0 Å². The molecule has 4 heteroatoms. The maximum absolute atomic E-state index is 11.1. The van der Waals surface area contributed by atoms with Crippen LogP contribution in [0.1, 0.15) is 26.2 Å². The number of unbranched alkanes of at least 4 members (excludes halogenated alkanes) is 1. The first kappa shape index (κ1) is 11.4. The molecule has 0 saturated heterocycles. The molecular weight excluding hydrogens is 180 g/mol. The summed E-state index contributed by atoms with van der Waals surface area (Å²) in [5.41, 5.74) is 0. The van der Waals surface area contributed by atoms with Crippen molar-refractivity contribution >= 4 is 23.4 Å². The lowest BCUT2D eigenvalue weighted by molar-refractivity contribution is -0.142. The second-order valence-corrected chi connectivity index (χ2v) is 2.89. The summed E-state index contributed by atoms with van der Waals surface area (Å²) in [5.74, 6) is -0.928. The number of carbonyl (C=O) groups is 2. The monoisotopic (exact) mass is 192 g/mol. The Morgan fingerprint density at radius 3 is 2.50 bits per heavy atom. The first-order valence-corrected chi connectivity index (χ1v) is 4.31. The lowest BCUT2D eigenvalue weighted by Gasteiger charge is -2.04. The van der Waals surface area contributed by atoms with E-state index in [1.807, 2.05) is 6.92 Å². The average Bonchev–Trinajstić information content (AvgIpc) is 2.11. The van der Waals surface area contributed by atoms with Crippen molar-refractivity contribution in [2.45, 2.75) is 31.6 Å². The fraction of sp³-hybridized carbons (Fsp3) is 0.750. The Hall–Kier alpha value is -0.570. The van der Waals surface area contributed by atoms with Crippen LogP contribution in [0.5, 0.6) is 0 Å². The van der Waals surface area contributed by atoms with Gasteiger partial charge < -0.3 is 4.74 Å². The van der Waals surface area contributed by atoms with Crippen LogP contribution in [-0.2, 0) is 14.3 Å². The fourth-order valence-electron chi connectivity index (χ4n) is 0.713. The lowest BCUT2D eigenvalue weighted by Crippen LogP contribution is -2.25. The number of carbonyl (C=O) groups excluding carboxylic acids is 2. The molecule has 0 saturated carbocycles. The average molecular weight is 193 g/mol. The second-order valence-electron chi connectivity index (χ2n) is 2.46. The molecule has 3 nitrogen and oxygen atoms in total. The van der Waals surface area contributed by atoms with Gasteiger partial charge in [0.25, 0.3) is 0 Å². The highest BCUT2D eigenvalue weighted by atomic mass is 35.5. The Balaban J connectivity index is 3.84. The number of methoxy groups -OCH3 is 1. The molecule has 0 N–H and O–H groups in total. The standard InChI is InChI=1S/C8H13ClO3/c1-3-4-5-6(10)7(9)8(11)12-2/h7H,3-5H2,1-2H3/t7-/m0/s1. The van der Waals surface area contributed by atoms with Crippen molar-refractivity contribution in [1.29, 1.82) is 0 Å². The Kier molecular flexibility index (Phi) is 5.72. The molecule has 1 atom stereocenters. The van der Waals surface area contributed by atoms with E-state index in [-0.39, 0.29) is 5.78 Å². The van der Waals surface area contributed by atoms with Crippen molar-refractivity contribution < 1.29 is 14.3 Å². The normalized spacial score (nSPS) is 12.2. The van der Waals surface area contributed by atoms with Crippen LogP contribution in [0.2, 0.25) is 0 Å². The molecule has 12 heavy (non-hydrogen) atoms. The zero-order valence-electron chi connectivity index (χ0n) is 7.30. The summed E-state index contributed by atoms with van der Waals surface area (Å²) in [5, 5.41) is -1.12. The third-order valence-corrected chi connectivity index (χ3v) is 1.89. The van der Waals surface area contributed by atoms with Gasteiger partial charge in [0.15, 0.2) is 11.2 Å². The van der Waals surface area contributed by atoms with Gasteiger partial charge in [-0.25, -0.2) is 4.79 Å². The van der Waals surface area contributed by atoms with E-state index in [1.54, 1.807) is 0 Å². The van der Waals surface area contributed by atoms with Crippen LogP contribution < -0.4 is 0 Å². The molecule has 0 heterocycles. The van der Waals surface area contributed by atoms with Crippen LogP contribution in [0.3, 0.4) is 0 Å². The van der Waals surface area contributed by atoms with Gasteiger partial charge in [0.2, 0.25) is 0 Å². The number of halogens is 1. The van der Waals surface area contributed by atoms with Crippen molar-refractivity contribution in [2.24, 2.45) is 0 Å². The minimum atomic E-state index is -1.12. The highest BCUT2D eigenvalue weighted by Gasteiger charge is 2.23. The number of Topliss-reactive ketones (excluding diaryl/α,β-unsaturated/α-hetero) is 1. The molecule has 0 aliphatic heterocycles. The zero-order chi connectivity index (χ0) is 9.56. The maximum atomic E-state index is 11.1. The topological polar surface area (TPSA) is 43.4 Å². The van der Waals surface area contributed by atoms with E-state index >= 15 is 0 Å². The predicted molar refractivity (Wildman–Crippen MR) is 46.2 cm³/mol. The number of ketones is 1. The van der Waals surface area contributed by atoms with Gasteiger partial charge in [-0.05, 0) is 6.42 Å². The van der Waals surface area contributed by atoms with Crippen LogP contribution in [0.25, 0.3) is 0 Å². The Morgan fingerprint density at radius 1 is 1.50 bits per heavy atom. The molecule has 0 aromatic carbocycles. The molecule has 0 rings (SSSR count). The van der Waals surface area contributed by atoms with E-state index in [1.165, 1.54) is 7.11 Å². The van der Waals surface area contributed by atoms with E-state index in [2.05, 4.69) is 4.74 Å². The van der Waals surface area contributed by atoms with Crippen molar-refractivity contribution in [3.8, 4) is 0 Å². The molecule has 0 aromatic rings. The van der Waals surface area contributed by atoms with Gasteiger partial charge in [-0.15, -0.1) is 11.6 Å². The molecule has 0 unspecified atom stereocenters. The zero-order valence-corrected chi connectivity index (χ0v) is 8.06. The van der Waals surface area contributed by atoms with Crippen molar-refractivity contribution in [1.82, 2.24) is 0 Å². The summed E-state index contributed by atoms with van der Waals surface area (Å²) in [6, 6.07) is 0. The number of ether oxygens (including phenoxy) is 1. The fourth-order valence-corrected chi connectivity index (χ4v) is 0.911. The Bertz CT molecular complexity index is 168. The molecule has 0 radical (unpaired) electrons. The van der Waals surface area contributed by atoms with Crippen LogP contribution >= 0.6 is 11.6 Å². The predicted octanol–water partition coefficient (Wildman–Crippen LogP) is 1.53. The van der Waals surface area contributed by atoms with Gasteiger partial charge in [-0.1, -0.05) is 13.3 Å². The summed E-state index contributed by atoms with van der Waals surface area (Å²) in [4.78, 5) is 21.8. The summed E-state index contributed by atoms with van der Waals surface area (Å²) >= 11 is 5.49. The number of hydrogen-bond donors (Lipinski definition) is 0. The Morgan fingerprint density at radius 2 is 2.08 bits per heavy atom. The van der Waals surface area contributed by atoms with Crippen molar-refractivity contribution in [2.75, 3.05) is 7.11 Å². The van der Waals surface area contributed by atoms with Gasteiger partial charge in [-0.3, -0.25) is 4.79 Å². The summed E-state index contributed by atoms with van der Waals surface area (Å²) in [6.45, 7) is 1.97. The SMILES string of the molecule is CCCCC(=O)[C@H](Cl)C(=O)OC. The smallest absolute Gasteiger partial charge is 0.331 e. The molecule has 0 aliphatic carbocycles. The van der Waals surface area contributed by atoms with Gasteiger partial charge in [0.1, 0.15) is 0 Å². The summed E-state index contributed by atoms with van der Waals surface area (Å²) in [7, 11) is 1.21. The number of esters is 1. The third-order valence-electron chi connectivity index (χ3n) is 1.47. The molecule has 0 fully saturated rings. The van der Waals surface area contributed by atoms with Gasteiger partial charge in [0.05, 0.1) is 7.11 Å². The second kappa shape index (κ2) is 6.00. The number of rotatable bonds is 5. The lowest BCUT2D eigenvalue weighted by atomic mass is 10.1. The third kappa shape index (κ3) is 3.72. The van der Waals surface area contributed by atoms with Gasteiger partial charge >= 0.3 is 5.97 Å². The highest BCUT2D eigenvalue weighted by molar-refractivity contribution is 6.41. The number of alkyl halides is 1. The largest absolute Gasteiger partial charge is 0.468 e. The summed E-state index contributed by atoms with van der Waals surface area (Å²) < 4.78 is 4.32. The summed E-state index contributed by atoms with van der Waals surface area (Å²) in [6.07, 6.45) is 2.02. The van der Waals surface area contributed by atoms with Gasteiger partial charge in [-0.2, -0.15) is 0 Å². The highest BCUT2D eigenvalue weighted by Crippen LogP contribution is 2.06. The van der Waals surface area contributed by atoms with Crippen LogP contribution in [0.15, 0.2) is 0 Å². The quantitative estimate of drug-likeness (QED) is 0.377. The molecule has 0 aromatic heterocycles. The van der Waals surface area contributed by atoms with Crippen LogP contribution in [0, 0.1) is 0 Å². The number of hydrogen-bond acceptors (Lipinski definition) is 3. The van der Waals surface area contributed by atoms with E-state index in [0.717, 1.165) is 12.8 Å². The van der Waals surface area contributed by atoms with Crippen LogP contribution in [0.4, 0.5) is 0 Å². The van der Waals surface area contributed by atoms with Gasteiger partial charge in [0, 0.05) is 6.42 Å². The molecule has 70 valence electrons. The van der Waals surface area contributed by atoms with Crippen LogP contribution in [-0.4, -0.2) is 24.2 Å². The minimum Gasteiger partial charge on any atom is -0.468 e. The first-order chi connectivity index (χ1) is 5.63.